The van der Waals surface area contributed by atoms with Gasteiger partial charge in [-0.3, -0.25) is 4.57 Å². The number of ether oxygens (including phenoxy) is 1. The lowest BCUT2D eigenvalue weighted by atomic mass is 10.1. The molecule has 0 bridgehead atoms. The second-order valence-electron chi connectivity index (χ2n) is 6.38. The smallest absolute Gasteiger partial charge is 0.422 e. The van der Waals surface area contributed by atoms with E-state index in [0.717, 1.165) is 23.8 Å². The third-order valence-electron chi connectivity index (χ3n) is 4.06. The zero-order valence-corrected chi connectivity index (χ0v) is 15.1. The maximum Gasteiger partial charge on any atom is 0.422 e. The Bertz CT molecular complexity index is 831. The average molecular weight is 350 g/mol. The van der Waals surface area contributed by atoms with E-state index in [1.54, 1.807) is 13.8 Å². The van der Waals surface area contributed by atoms with Crippen molar-refractivity contribution in [3.8, 4) is 0 Å². The number of fused-ring (bicyclic) bond motifs is 1. The van der Waals surface area contributed by atoms with E-state index < -0.39 is 17.5 Å². The largest absolute Gasteiger partial charge is 0.449 e. The molecule has 2 rings (SSSR count). The number of aromatic nitrogens is 4. The van der Waals surface area contributed by atoms with Gasteiger partial charge in [0.15, 0.2) is 5.65 Å². The second kappa shape index (κ2) is 8.64. The summed E-state index contributed by atoms with van der Waals surface area (Å²) in [6.45, 7) is 6.00. The Morgan fingerprint density at radius 2 is 1.88 bits per heavy atom. The van der Waals surface area contributed by atoms with Crippen molar-refractivity contribution in [1.82, 2.24) is 19.1 Å². The average Bonchev–Trinajstić information content (AvgIpc) is 2.85. The van der Waals surface area contributed by atoms with Crippen LogP contribution >= 0.6 is 0 Å². The molecule has 0 saturated heterocycles. The number of hydrogen-bond donors (Lipinski definition) is 1. The maximum absolute atomic E-state index is 12.6. The zero-order chi connectivity index (χ0) is 18.4. The van der Waals surface area contributed by atoms with Gasteiger partial charge in [0.25, 0.3) is 0 Å². The number of rotatable bonds is 8. The highest BCUT2D eigenvalue weighted by Crippen LogP contribution is 2.13. The van der Waals surface area contributed by atoms with Gasteiger partial charge in [0, 0.05) is 12.2 Å². The minimum Gasteiger partial charge on any atom is -0.449 e. The van der Waals surface area contributed by atoms with Crippen molar-refractivity contribution in [2.45, 2.75) is 65.3 Å². The highest BCUT2D eigenvalue weighted by atomic mass is 16.5. The number of nitrogens with zero attached hydrogens (tertiary/aromatic N) is 3. The maximum atomic E-state index is 12.6. The van der Waals surface area contributed by atoms with Gasteiger partial charge in [0.1, 0.15) is 5.52 Å². The summed E-state index contributed by atoms with van der Waals surface area (Å²) in [4.78, 5) is 42.6. The highest BCUT2D eigenvalue weighted by Gasteiger charge is 2.22. The van der Waals surface area contributed by atoms with Crippen LogP contribution in [0.25, 0.3) is 11.2 Å². The summed E-state index contributed by atoms with van der Waals surface area (Å²) in [6, 6.07) is -0.239. The topological polar surface area (TPSA) is 99.0 Å². The molecular formula is C17H26N4O4. The summed E-state index contributed by atoms with van der Waals surface area (Å²) < 4.78 is 7.48. The Labute approximate surface area is 145 Å². The summed E-state index contributed by atoms with van der Waals surface area (Å²) in [7, 11) is 0. The summed E-state index contributed by atoms with van der Waals surface area (Å²) >= 11 is 0. The molecule has 0 fully saturated rings. The van der Waals surface area contributed by atoms with Crippen molar-refractivity contribution in [1.29, 1.82) is 0 Å². The minimum atomic E-state index is -0.739. The van der Waals surface area contributed by atoms with Gasteiger partial charge in [-0.15, -0.1) is 0 Å². The molecule has 0 radical (unpaired) electrons. The molecular weight excluding hydrogens is 324 g/mol. The zero-order valence-electron chi connectivity index (χ0n) is 15.1. The summed E-state index contributed by atoms with van der Waals surface area (Å²) in [6.07, 6.45) is 7.04. The first-order chi connectivity index (χ1) is 12.0. The van der Waals surface area contributed by atoms with Gasteiger partial charge in [-0.25, -0.2) is 14.4 Å². The minimum absolute atomic E-state index is 0.181. The lowest BCUT2D eigenvalue weighted by Gasteiger charge is -2.06. The van der Waals surface area contributed by atoms with Crippen LogP contribution in [0.4, 0.5) is 4.79 Å². The number of H-pyrrole nitrogens is 1. The van der Waals surface area contributed by atoms with Crippen LogP contribution in [-0.2, 0) is 4.74 Å². The first-order valence-corrected chi connectivity index (χ1v) is 8.87. The van der Waals surface area contributed by atoms with Gasteiger partial charge < -0.3 is 9.72 Å². The van der Waals surface area contributed by atoms with E-state index in [2.05, 4.69) is 16.9 Å². The Kier molecular flexibility index (Phi) is 6.55. The van der Waals surface area contributed by atoms with Crippen molar-refractivity contribution in [3.05, 3.63) is 27.2 Å². The number of aromatic amines is 1. The molecule has 2 aromatic heterocycles. The standard InChI is InChI=1S/C17H26N4O4/c1-4-5-6-7-8-9-10-25-17(24)21-13-11-18-15(22)19-14(13)20(12(2)3)16(21)23/h11-12H,4-10H2,1-3H3,(H,18,19,22). The number of carbonyl (C=O) groups excluding carboxylic acids is 1. The van der Waals surface area contributed by atoms with E-state index in [1.807, 2.05) is 0 Å². The summed E-state index contributed by atoms with van der Waals surface area (Å²) in [5.41, 5.74) is -0.699. The Morgan fingerprint density at radius 1 is 1.20 bits per heavy atom. The molecule has 138 valence electrons. The fraction of sp³-hybridized carbons (Fsp3) is 0.647. The van der Waals surface area contributed by atoms with E-state index in [9.17, 15) is 14.4 Å². The van der Waals surface area contributed by atoms with E-state index in [4.69, 9.17) is 4.74 Å². The highest BCUT2D eigenvalue weighted by molar-refractivity contribution is 5.84. The van der Waals surface area contributed by atoms with Crippen molar-refractivity contribution >= 4 is 17.3 Å². The Hall–Kier alpha value is -2.38. The molecule has 0 saturated carbocycles. The summed E-state index contributed by atoms with van der Waals surface area (Å²) in [5, 5.41) is 0. The van der Waals surface area contributed by atoms with Crippen LogP contribution in [-0.4, -0.2) is 31.8 Å². The van der Waals surface area contributed by atoms with Crippen molar-refractivity contribution in [2.24, 2.45) is 0 Å². The van der Waals surface area contributed by atoms with E-state index >= 15 is 0 Å². The van der Waals surface area contributed by atoms with Gasteiger partial charge in [-0.05, 0) is 20.3 Å². The first kappa shape index (κ1) is 19.0. The van der Waals surface area contributed by atoms with E-state index in [-0.39, 0.29) is 23.8 Å². The molecule has 2 aromatic rings. The number of imidazole rings is 1. The molecule has 0 atom stereocenters. The number of nitrogens with one attached hydrogen (secondary N) is 1. The van der Waals surface area contributed by atoms with Crippen molar-refractivity contribution in [3.63, 3.8) is 0 Å². The monoisotopic (exact) mass is 350 g/mol. The molecule has 8 heteroatoms. The third kappa shape index (κ3) is 4.37. The van der Waals surface area contributed by atoms with Gasteiger partial charge in [0.05, 0.1) is 6.61 Å². The molecule has 25 heavy (non-hydrogen) atoms. The summed E-state index contributed by atoms with van der Waals surface area (Å²) in [5.74, 6) is 0. The SMILES string of the molecule is CCCCCCCCOC(=O)n1c(=O)n(C(C)C)c2nc(=O)[nH]cc21. The lowest BCUT2D eigenvalue weighted by molar-refractivity contribution is 0.145. The molecule has 0 aliphatic carbocycles. The van der Waals surface area contributed by atoms with Gasteiger partial charge >= 0.3 is 17.5 Å². The molecule has 0 unspecified atom stereocenters. The van der Waals surface area contributed by atoms with Crippen LogP contribution in [0.1, 0.15) is 65.3 Å². The molecule has 0 amide bonds. The van der Waals surface area contributed by atoms with Crippen LogP contribution in [0.3, 0.4) is 0 Å². The Morgan fingerprint density at radius 3 is 2.56 bits per heavy atom. The number of hydrogen-bond acceptors (Lipinski definition) is 5. The van der Waals surface area contributed by atoms with Crippen LogP contribution in [0.2, 0.25) is 0 Å². The normalized spacial score (nSPS) is 11.4. The molecule has 0 aliphatic rings. The molecule has 1 N–H and O–H groups in total. The molecule has 2 heterocycles. The first-order valence-electron chi connectivity index (χ1n) is 8.87. The van der Waals surface area contributed by atoms with Gasteiger partial charge in [-0.2, -0.15) is 9.55 Å². The number of carbonyl (C=O) groups is 1. The quantitative estimate of drug-likeness (QED) is 0.738. The molecule has 0 aromatic carbocycles. The Balaban J connectivity index is 2.12. The fourth-order valence-corrected chi connectivity index (χ4v) is 2.77. The van der Waals surface area contributed by atoms with Crippen molar-refractivity contribution < 1.29 is 9.53 Å². The molecule has 0 spiro atoms. The predicted octanol–water partition coefficient (Wildman–Crippen LogP) is 2.81. The molecule has 0 aliphatic heterocycles. The van der Waals surface area contributed by atoms with E-state index in [0.29, 0.717) is 0 Å². The third-order valence-corrected chi connectivity index (χ3v) is 4.06. The van der Waals surface area contributed by atoms with E-state index in [1.165, 1.54) is 30.0 Å². The van der Waals surface area contributed by atoms with Crippen LogP contribution in [0.15, 0.2) is 15.8 Å². The fourth-order valence-electron chi connectivity index (χ4n) is 2.77. The lowest BCUT2D eigenvalue weighted by Crippen LogP contribution is -2.31. The van der Waals surface area contributed by atoms with Crippen LogP contribution in [0.5, 0.6) is 0 Å². The van der Waals surface area contributed by atoms with Crippen LogP contribution < -0.4 is 11.4 Å². The predicted molar refractivity (Wildman–Crippen MR) is 95.1 cm³/mol. The van der Waals surface area contributed by atoms with Gasteiger partial charge in [0.2, 0.25) is 0 Å². The van der Waals surface area contributed by atoms with Gasteiger partial charge in [-0.1, -0.05) is 39.0 Å². The second-order valence-corrected chi connectivity index (χ2v) is 6.38. The molecule has 8 nitrogen and oxygen atoms in total. The van der Waals surface area contributed by atoms with Crippen LogP contribution in [0, 0.1) is 0 Å². The number of unbranched alkanes of at least 4 members (excludes halogenated alkanes) is 5. The van der Waals surface area contributed by atoms with Crippen molar-refractivity contribution in [2.75, 3.05) is 6.61 Å².